The molecule has 0 saturated carbocycles. The minimum absolute atomic E-state index is 0.0663. The largest absolute Gasteiger partial charge is 0.496 e. The Bertz CT molecular complexity index is 1710. The van der Waals surface area contributed by atoms with Gasteiger partial charge in [0, 0.05) is 30.8 Å². The monoisotopic (exact) mass is 609 g/mol. The highest BCUT2D eigenvalue weighted by Gasteiger charge is 2.36. The lowest BCUT2D eigenvalue weighted by atomic mass is 9.91. The Kier molecular flexibility index (Phi) is 9.00. The van der Waals surface area contributed by atoms with Gasteiger partial charge < -0.3 is 14.2 Å². The number of carbonyl (C=O) groups is 1. The highest BCUT2D eigenvalue weighted by atomic mass is 32.1. The maximum Gasteiger partial charge on any atom is 0.333 e. The molecule has 12 heteroatoms. The first-order chi connectivity index (χ1) is 20.5. The number of ether oxygens (including phenoxy) is 3. The molecule has 1 aliphatic heterocycles. The van der Waals surface area contributed by atoms with Crippen LogP contribution in [0.3, 0.4) is 0 Å². The molecule has 0 bridgehead atoms. The molecule has 1 atom stereocenters. The number of rotatable bonds is 11. The molecule has 0 spiro atoms. The van der Waals surface area contributed by atoms with Crippen LogP contribution in [0, 0.1) is 12.8 Å². The first-order valence-electron chi connectivity index (χ1n) is 14.6. The first-order valence-corrected chi connectivity index (χ1v) is 15.4. The van der Waals surface area contributed by atoms with E-state index < -0.39 is 22.9 Å². The van der Waals surface area contributed by atoms with Gasteiger partial charge in [0.15, 0.2) is 5.78 Å². The Labute approximate surface area is 254 Å². The molecule has 1 aliphatic rings. The second-order valence-corrected chi connectivity index (χ2v) is 12.8. The summed E-state index contributed by atoms with van der Waals surface area (Å²) in [6.07, 6.45) is 4.12. The maximum atomic E-state index is 14.5. The number of hydrogen-bond donors (Lipinski definition) is 0. The van der Waals surface area contributed by atoms with Crippen molar-refractivity contribution in [1.29, 1.82) is 0 Å². The third-order valence-electron chi connectivity index (χ3n) is 7.98. The van der Waals surface area contributed by atoms with E-state index in [-0.39, 0.29) is 30.8 Å². The van der Waals surface area contributed by atoms with Gasteiger partial charge in [-0.15, -0.1) is 4.80 Å². The standard InChI is InChI=1S/C31H39N5O6S/c1-19(2)17-25(37)31(4,5)35-27(38)26-20(3)28(36-32-13-14-33-36)43-29(26)34(30(35)39)18-24(42-21-11-15-41-16-12-21)22-9-7-8-10-23(22)40-6/h7-10,13-14,19,21,24H,11-12,15-18H2,1-6H3/t24-/m0/s1. The smallest absolute Gasteiger partial charge is 0.333 e. The van der Waals surface area contributed by atoms with Gasteiger partial charge in [-0.3, -0.25) is 14.2 Å². The highest BCUT2D eigenvalue weighted by molar-refractivity contribution is 7.21. The summed E-state index contributed by atoms with van der Waals surface area (Å²) >= 11 is 1.26. The summed E-state index contributed by atoms with van der Waals surface area (Å²) in [5.41, 5.74) is -1.04. The van der Waals surface area contributed by atoms with Crippen LogP contribution in [0.5, 0.6) is 5.75 Å². The lowest BCUT2D eigenvalue weighted by molar-refractivity contribution is -0.127. The number of nitrogens with zero attached hydrogens (tertiary/aromatic N) is 5. The van der Waals surface area contributed by atoms with Gasteiger partial charge in [0.05, 0.1) is 37.5 Å². The van der Waals surface area contributed by atoms with Crippen molar-refractivity contribution in [3.05, 3.63) is 68.6 Å². The fourth-order valence-corrected chi connectivity index (χ4v) is 6.82. The predicted octanol–water partition coefficient (Wildman–Crippen LogP) is 4.41. The van der Waals surface area contributed by atoms with E-state index in [4.69, 9.17) is 14.2 Å². The Hall–Kier alpha value is -3.61. The van der Waals surface area contributed by atoms with Gasteiger partial charge in [-0.1, -0.05) is 43.4 Å². The van der Waals surface area contributed by atoms with E-state index in [9.17, 15) is 14.4 Å². The van der Waals surface area contributed by atoms with E-state index in [0.29, 0.717) is 39.7 Å². The van der Waals surface area contributed by atoms with E-state index in [0.717, 1.165) is 23.0 Å². The SMILES string of the molecule is COc1ccccc1[C@H](Cn1c(=O)n(C(C)(C)C(=O)CC(C)C)c(=O)c2c(C)c(-n3nccn3)sc21)OC1CCOCC1. The number of carbonyl (C=O) groups excluding carboxylic acids is 1. The van der Waals surface area contributed by atoms with Crippen LogP contribution >= 0.6 is 11.3 Å². The van der Waals surface area contributed by atoms with E-state index >= 15 is 0 Å². The zero-order valence-electron chi connectivity index (χ0n) is 25.5. The molecule has 4 aromatic rings. The second-order valence-electron chi connectivity index (χ2n) is 11.8. The van der Waals surface area contributed by atoms with Crippen molar-refractivity contribution in [2.75, 3.05) is 20.3 Å². The predicted molar refractivity (Wildman–Crippen MR) is 164 cm³/mol. The van der Waals surface area contributed by atoms with Crippen molar-refractivity contribution >= 4 is 27.3 Å². The maximum absolute atomic E-state index is 14.5. The molecule has 1 fully saturated rings. The van der Waals surface area contributed by atoms with Gasteiger partial charge in [-0.2, -0.15) is 10.2 Å². The van der Waals surface area contributed by atoms with Gasteiger partial charge >= 0.3 is 5.69 Å². The number of benzene rings is 1. The van der Waals surface area contributed by atoms with Crippen LogP contribution in [0.1, 0.15) is 64.2 Å². The third kappa shape index (κ3) is 5.96. The van der Waals surface area contributed by atoms with Gasteiger partial charge in [-0.25, -0.2) is 9.36 Å². The summed E-state index contributed by atoms with van der Waals surface area (Å²) in [6.45, 7) is 10.3. The number of Topliss-reactive ketones (excluding diaryl/α,β-unsaturated/α-hetero) is 1. The first kappa shape index (κ1) is 30.8. The molecule has 230 valence electrons. The number of methoxy groups -OCH3 is 1. The minimum Gasteiger partial charge on any atom is -0.496 e. The average molecular weight is 610 g/mol. The topological polar surface area (TPSA) is 119 Å². The Morgan fingerprint density at radius 3 is 2.47 bits per heavy atom. The lowest BCUT2D eigenvalue weighted by Gasteiger charge is -2.30. The summed E-state index contributed by atoms with van der Waals surface area (Å²) in [6, 6.07) is 7.57. The molecular formula is C31H39N5O6S. The summed E-state index contributed by atoms with van der Waals surface area (Å²) in [4.78, 5) is 44.1. The molecule has 0 aliphatic carbocycles. The van der Waals surface area contributed by atoms with Crippen LogP contribution in [0.4, 0.5) is 0 Å². The van der Waals surface area contributed by atoms with Crippen LogP contribution in [0.15, 0.2) is 46.2 Å². The zero-order chi connectivity index (χ0) is 30.9. The summed E-state index contributed by atoms with van der Waals surface area (Å²) in [5.74, 6) is 0.513. The summed E-state index contributed by atoms with van der Waals surface area (Å²) in [7, 11) is 1.60. The van der Waals surface area contributed by atoms with E-state index in [1.54, 1.807) is 37.9 Å². The highest BCUT2D eigenvalue weighted by Crippen LogP contribution is 2.35. The third-order valence-corrected chi connectivity index (χ3v) is 9.26. The second kappa shape index (κ2) is 12.6. The lowest BCUT2D eigenvalue weighted by Crippen LogP contribution is -2.53. The number of fused-ring (bicyclic) bond motifs is 1. The molecule has 0 amide bonds. The van der Waals surface area contributed by atoms with Crippen LogP contribution in [0.2, 0.25) is 0 Å². The zero-order valence-corrected chi connectivity index (χ0v) is 26.3. The van der Waals surface area contributed by atoms with E-state index in [2.05, 4.69) is 10.2 Å². The minimum atomic E-state index is -1.38. The summed E-state index contributed by atoms with van der Waals surface area (Å²) in [5, 5.41) is 9.53. The molecule has 4 heterocycles. The number of thiophene rings is 1. The van der Waals surface area contributed by atoms with Gasteiger partial charge in [0.2, 0.25) is 0 Å². The molecular weight excluding hydrogens is 570 g/mol. The Morgan fingerprint density at radius 2 is 1.81 bits per heavy atom. The van der Waals surface area contributed by atoms with Crippen LogP contribution < -0.4 is 16.0 Å². The summed E-state index contributed by atoms with van der Waals surface area (Å²) < 4.78 is 20.6. The van der Waals surface area contributed by atoms with E-state index in [1.165, 1.54) is 16.1 Å². The van der Waals surface area contributed by atoms with Gasteiger partial charge in [0.1, 0.15) is 27.2 Å². The van der Waals surface area contributed by atoms with Crippen molar-refractivity contribution in [3.8, 4) is 10.8 Å². The molecule has 3 aromatic heterocycles. The number of ketones is 1. The van der Waals surface area contributed by atoms with Crippen molar-refractivity contribution < 1.29 is 19.0 Å². The van der Waals surface area contributed by atoms with Crippen molar-refractivity contribution in [2.45, 2.75) is 78.2 Å². The number of aromatic nitrogens is 5. The molecule has 5 rings (SSSR count). The average Bonchev–Trinajstić information content (AvgIpc) is 3.63. The molecule has 0 N–H and O–H groups in total. The van der Waals surface area contributed by atoms with Crippen LogP contribution in [0.25, 0.3) is 15.2 Å². The number of hydrogen-bond acceptors (Lipinski definition) is 9. The van der Waals surface area contributed by atoms with Gasteiger partial charge in [0.25, 0.3) is 5.56 Å². The quantitative estimate of drug-likeness (QED) is 0.245. The van der Waals surface area contributed by atoms with Crippen molar-refractivity contribution in [3.63, 3.8) is 0 Å². The normalized spacial score (nSPS) is 15.3. The number of para-hydroxylation sites is 1. The molecule has 1 saturated heterocycles. The van der Waals surface area contributed by atoms with Gasteiger partial charge in [-0.05, 0) is 45.6 Å². The molecule has 0 radical (unpaired) electrons. The van der Waals surface area contributed by atoms with Crippen molar-refractivity contribution in [2.24, 2.45) is 5.92 Å². The molecule has 0 unspecified atom stereocenters. The Balaban J connectivity index is 1.75. The van der Waals surface area contributed by atoms with E-state index in [1.807, 2.05) is 45.0 Å². The molecule has 11 nitrogen and oxygen atoms in total. The fraction of sp³-hybridized carbons (Fsp3) is 0.516. The molecule has 43 heavy (non-hydrogen) atoms. The Morgan fingerprint density at radius 1 is 1.14 bits per heavy atom. The van der Waals surface area contributed by atoms with Crippen molar-refractivity contribution in [1.82, 2.24) is 24.1 Å². The van der Waals surface area contributed by atoms with Crippen LogP contribution in [-0.4, -0.2) is 56.3 Å². The number of aryl methyl sites for hydroxylation is 1. The fourth-order valence-electron chi connectivity index (χ4n) is 5.60. The molecule has 1 aromatic carbocycles. The van der Waals surface area contributed by atoms with Crippen LogP contribution in [-0.2, 0) is 26.4 Å².